The summed E-state index contributed by atoms with van der Waals surface area (Å²) in [6, 6.07) is 0. The predicted octanol–water partition coefficient (Wildman–Crippen LogP) is 2.76. The summed E-state index contributed by atoms with van der Waals surface area (Å²) in [5.74, 6) is -0.486. The lowest BCUT2D eigenvalue weighted by Gasteiger charge is -2.71. The van der Waals surface area contributed by atoms with Gasteiger partial charge in [-0.05, 0) is 111 Å². The fraction of sp³-hybridized carbons (Fsp3) is 0.944. The Kier molecular flexibility index (Phi) is 10.00. The lowest BCUT2D eigenvalue weighted by molar-refractivity contribution is -0.335. The second kappa shape index (κ2) is 12.5. The van der Waals surface area contributed by atoms with E-state index in [1.807, 2.05) is 13.0 Å². The van der Waals surface area contributed by atoms with Gasteiger partial charge in [-0.2, -0.15) is 0 Å². The van der Waals surface area contributed by atoms with Gasteiger partial charge in [0.15, 0.2) is 6.29 Å². The van der Waals surface area contributed by atoms with Crippen molar-refractivity contribution in [1.29, 1.82) is 0 Å². The third-order valence-electron chi connectivity index (χ3n) is 14.5. The van der Waals surface area contributed by atoms with E-state index in [-0.39, 0.29) is 40.9 Å². The second-order valence-corrected chi connectivity index (χ2v) is 17.9. The van der Waals surface area contributed by atoms with Crippen molar-refractivity contribution in [3.63, 3.8) is 0 Å². The Hall–Kier alpha value is -0.700. The van der Waals surface area contributed by atoms with E-state index in [1.54, 1.807) is 19.9 Å². The molecule has 8 N–H and O–H groups in total. The van der Waals surface area contributed by atoms with Crippen LogP contribution in [-0.4, -0.2) is 108 Å². The second-order valence-electron chi connectivity index (χ2n) is 17.9. The first-order valence-electron chi connectivity index (χ1n) is 17.7. The van der Waals surface area contributed by atoms with Crippen molar-refractivity contribution in [1.82, 2.24) is 0 Å². The van der Waals surface area contributed by atoms with Gasteiger partial charge >= 0.3 is 0 Å². The highest BCUT2D eigenvalue weighted by Crippen LogP contribution is 2.76. The van der Waals surface area contributed by atoms with Crippen LogP contribution in [0, 0.1) is 45.3 Å². The van der Waals surface area contributed by atoms with E-state index in [0.717, 1.165) is 12.8 Å². The standard InChI is InChI=1S/C36H62O11/c1-31(2,47-44)12-9-13-36(8,46-30-28(43)27(42)26(41)22(18-37)45-30)19-10-15-34(6)25(19)20(38)16-23-33(5)14-11-24(40)32(3,4)29(33)21(39)17-35(23,34)7/h9,12,19-30,37-44H,10-11,13-18H2,1-8H3/b12-9+/t19?,20-,21+,22-,23-,24+,25?,26-,27+,28-,29?,30+,33-,34-,35-,36+/m1/s1. The highest BCUT2D eigenvalue weighted by molar-refractivity contribution is 5.22. The SMILES string of the molecule is CC(C)(/C=C/C[C@](C)(O[C@@H]1O[C@H](CO)[C@@H](O)[C@H](O)[C@H]1O)C1CC[C@]2(C)C1[C@H](O)C[C@@H]1[C@@]3(C)CC[C@H](O)C(C)(C)C3[C@@H](O)C[C@]12C)OO. The average molecular weight is 671 g/mol. The summed E-state index contributed by atoms with van der Waals surface area (Å²) in [7, 11) is 0. The summed E-state index contributed by atoms with van der Waals surface area (Å²) < 4.78 is 12.5. The minimum absolute atomic E-state index is 0.108. The summed E-state index contributed by atoms with van der Waals surface area (Å²) in [6.07, 6.45) is -1.18. The molecular formula is C36H62O11. The molecule has 5 aliphatic rings. The predicted molar refractivity (Wildman–Crippen MR) is 173 cm³/mol. The highest BCUT2D eigenvalue weighted by Gasteiger charge is 2.73. The van der Waals surface area contributed by atoms with Crippen molar-refractivity contribution >= 4 is 0 Å². The fourth-order valence-electron chi connectivity index (χ4n) is 11.9. The average Bonchev–Trinajstić information content (AvgIpc) is 3.37. The molecule has 0 aromatic heterocycles. The molecule has 47 heavy (non-hydrogen) atoms. The number of rotatable bonds is 8. The van der Waals surface area contributed by atoms with Crippen LogP contribution in [-0.2, 0) is 14.4 Å². The Labute approximate surface area is 279 Å². The van der Waals surface area contributed by atoms with Gasteiger partial charge in [0, 0.05) is 0 Å². The first kappa shape index (κ1) is 37.6. The Morgan fingerprint density at radius 2 is 1.51 bits per heavy atom. The van der Waals surface area contributed by atoms with Crippen LogP contribution in [0.1, 0.15) is 100 Å². The van der Waals surface area contributed by atoms with Gasteiger partial charge in [-0.1, -0.05) is 46.8 Å². The smallest absolute Gasteiger partial charge is 0.187 e. The van der Waals surface area contributed by atoms with Gasteiger partial charge in [0.2, 0.25) is 0 Å². The van der Waals surface area contributed by atoms with E-state index >= 15 is 0 Å². The first-order chi connectivity index (χ1) is 21.6. The maximum absolute atomic E-state index is 12.3. The molecule has 1 saturated heterocycles. The molecular weight excluding hydrogens is 608 g/mol. The van der Waals surface area contributed by atoms with Crippen molar-refractivity contribution < 1.29 is 55.4 Å². The third kappa shape index (κ3) is 5.77. The Bertz CT molecular complexity index is 1160. The van der Waals surface area contributed by atoms with Crippen molar-refractivity contribution in [3.05, 3.63) is 12.2 Å². The molecule has 11 nitrogen and oxygen atoms in total. The molecule has 0 radical (unpaired) electrons. The lowest BCUT2D eigenvalue weighted by Crippen LogP contribution is -2.70. The molecule has 0 aromatic carbocycles. The Morgan fingerprint density at radius 1 is 0.851 bits per heavy atom. The van der Waals surface area contributed by atoms with Gasteiger partial charge in [0.1, 0.15) is 30.0 Å². The Morgan fingerprint density at radius 3 is 2.13 bits per heavy atom. The molecule has 4 saturated carbocycles. The van der Waals surface area contributed by atoms with Crippen LogP contribution in [0.5, 0.6) is 0 Å². The topological polar surface area (TPSA) is 190 Å². The van der Waals surface area contributed by atoms with E-state index in [9.17, 15) is 41.0 Å². The number of aliphatic hydroxyl groups is 7. The van der Waals surface area contributed by atoms with Crippen LogP contribution >= 0.6 is 0 Å². The number of hydrogen-bond donors (Lipinski definition) is 8. The fourth-order valence-corrected chi connectivity index (χ4v) is 11.9. The molecule has 5 rings (SSSR count). The third-order valence-corrected chi connectivity index (χ3v) is 14.5. The number of fused-ring (bicyclic) bond motifs is 5. The highest BCUT2D eigenvalue weighted by atomic mass is 17.1. The Balaban J connectivity index is 1.52. The van der Waals surface area contributed by atoms with Crippen LogP contribution in [0.2, 0.25) is 0 Å². The van der Waals surface area contributed by atoms with Crippen molar-refractivity contribution in [2.75, 3.05) is 6.61 Å². The summed E-state index contributed by atoms with van der Waals surface area (Å²) in [5, 5.41) is 86.4. The first-order valence-corrected chi connectivity index (χ1v) is 17.7. The molecule has 4 aliphatic carbocycles. The maximum atomic E-state index is 12.3. The van der Waals surface area contributed by atoms with Gasteiger partial charge in [0.25, 0.3) is 0 Å². The molecule has 0 aromatic rings. The molecule has 16 atom stereocenters. The molecule has 272 valence electrons. The van der Waals surface area contributed by atoms with Gasteiger partial charge in [-0.15, -0.1) is 0 Å². The largest absolute Gasteiger partial charge is 0.394 e. The normalized spacial score (nSPS) is 51.2. The van der Waals surface area contributed by atoms with E-state index in [1.165, 1.54) is 0 Å². The van der Waals surface area contributed by atoms with Gasteiger partial charge in [0.05, 0.1) is 30.5 Å². The van der Waals surface area contributed by atoms with Crippen LogP contribution in [0.3, 0.4) is 0 Å². The molecule has 11 heteroatoms. The summed E-state index contributed by atoms with van der Waals surface area (Å²) >= 11 is 0. The molecule has 0 spiro atoms. The van der Waals surface area contributed by atoms with Gasteiger partial charge in [-0.25, -0.2) is 4.89 Å². The zero-order valence-corrected chi connectivity index (χ0v) is 29.5. The molecule has 5 fully saturated rings. The van der Waals surface area contributed by atoms with Crippen LogP contribution in [0.25, 0.3) is 0 Å². The van der Waals surface area contributed by atoms with E-state index in [2.05, 4.69) is 39.5 Å². The molecule has 3 unspecified atom stereocenters. The lowest BCUT2D eigenvalue weighted by atomic mass is 9.34. The van der Waals surface area contributed by atoms with Crippen LogP contribution in [0.15, 0.2) is 12.2 Å². The number of hydrogen-bond acceptors (Lipinski definition) is 11. The van der Waals surface area contributed by atoms with E-state index in [0.29, 0.717) is 25.7 Å². The van der Waals surface area contributed by atoms with E-state index < -0.39 is 77.7 Å². The van der Waals surface area contributed by atoms with Crippen LogP contribution in [0.4, 0.5) is 0 Å². The van der Waals surface area contributed by atoms with Crippen LogP contribution < -0.4 is 0 Å². The minimum atomic E-state index is -1.60. The molecule has 0 amide bonds. The monoisotopic (exact) mass is 670 g/mol. The van der Waals surface area contributed by atoms with Crippen molar-refractivity contribution in [3.8, 4) is 0 Å². The number of aliphatic hydroxyl groups excluding tert-OH is 7. The molecule has 0 bridgehead atoms. The summed E-state index contributed by atoms with van der Waals surface area (Å²) in [4.78, 5) is 4.61. The molecule has 1 aliphatic heterocycles. The zero-order chi connectivity index (χ0) is 35.1. The van der Waals surface area contributed by atoms with Gasteiger partial charge < -0.3 is 45.2 Å². The van der Waals surface area contributed by atoms with Crippen molar-refractivity contribution in [2.24, 2.45) is 45.3 Å². The molecule has 1 heterocycles. The maximum Gasteiger partial charge on any atom is 0.187 e. The summed E-state index contributed by atoms with van der Waals surface area (Å²) in [6.45, 7) is 15.7. The quantitative estimate of drug-likeness (QED) is 0.108. The summed E-state index contributed by atoms with van der Waals surface area (Å²) in [5.41, 5.74) is -3.53. The van der Waals surface area contributed by atoms with Crippen molar-refractivity contribution in [2.45, 2.75) is 161 Å². The zero-order valence-electron chi connectivity index (χ0n) is 29.5. The van der Waals surface area contributed by atoms with E-state index in [4.69, 9.17) is 9.47 Å². The minimum Gasteiger partial charge on any atom is -0.394 e. The number of ether oxygens (including phenoxy) is 2. The van der Waals surface area contributed by atoms with Gasteiger partial charge in [-0.3, -0.25) is 5.26 Å².